The number of nitrogens with one attached hydrogen (secondary N) is 1. The fourth-order valence-electron chi connectivity index (χ4n) is 2.74. The van der Waals surface area contributed by atoms with Crippen molar-refractivity contribution < 1.29 is 9.90 Å². The Morgan fingerprint density at radius 3 is 2.91 bits per heavy atom. The Kier molecular flexibility index (Phi) is 4.76. The summed E-state index contributed by atoms with van der Waals surface area (Å²) in [6, 6.07) is 5.75. The van der Waals surface area contributed by atoms with Crippen LogP contribution in [0.25, 0.3) is 0 Å². The summed E-state index contributed by atoms with van der Waals surface area (Å²) in [7, 11) is 0. The van der Waals surface area contributed by atoms with Gasteiger partial charge in [-0.25, -0.2) is 0 Å². The molecule has 2 aromatic heterocycles. The summed E-state index contributed by atoms with van der Waals surface area (Å²) in [6.07, 6.45) is 6.83. The minimum Gasteiger partial charge on any atom is -0.378 e. The number of rotatable bonds is 5. The molecular formula is C17H19NO2S2. The SMILES string of the molecule is O=C(NC[C@](O)(c1ccsc1)c1cccs1)[C@H]1CC=CCC1. The molecule has 0 spiro atoms. The monoisotopic (exact) mass is 333 g/mol. The van der Waals surface area contributed by atoms with Crippen molar-refractivity contribution in [2.45, 2.75) is 24.9 Å². The van der Waals surface area contributed by atoms with E-state index in [1.807, 2.05) is 34.3 Å². The van der Waals surface area contributed by atoms with E-state index in [2.05, 4.69) is 17.5 Å². The molecule has 0 radical (unpaired) electrons. The van der Waals surface area contributed by atoms with Crippen molar-refractivity contribution in [3.8, 4) is 0 Å². The molecule has 5 heteroatoms. The smallest absolute Gasteiger partial charge is 0.223 e. The van der Waals surface area contributed by atoms with E-state index < -0.39 is 5.60 Å². The second-order valence-electron chi connectivity index (χ2n) is 5.55. The molecule has 1 aliphatic carbocycles. The number of allylic oxidation sites excluding steroid dienone is 2. The Hall–Kier alpha value is -1.43. The number of thiophene rings is 2. The lowest BCUT2D eigenvalue weighted by Gasteiger charge is -2.28. The van der Waals surface area contributed by atoms with Crippen LogP contribution in [-0.4, -0.2) is 17.6 Å². The number of aliphatic hydroxyl groups is 1. The highest BCUT2D eigenvalue weighted by molar-refractivity contribution is 7.10. The minimum absolute atomic E-state index is 0.0278. The second-order valence-corrected chi connectivity index (χ2v) is 7.28. The maximum absolute atomic E-state index is 12.3. The first-order valence-electron chi connectivity index (χ1n) is 7.42. The molecule has 3 nitrogen and oxygen atoms in total. The molecule has 0 fully saturated rings. The Morgan fingerprint density at radius 2 is 2.27 bits per heavy atom. The summed E-state index contributed by atoms with van der Waals surface area (Å²) in [6.45, 7) is 0.212. The molecule has 116 valence electrons. The molecule has 2 heterocycles. The van der Waals surface area contributed by atoms with Gasteiger partial charge in [-0.1, -0.05) is 18.2 Å². The number of carbonyl (C=O) groups is 1. The summed E-state index contributed by atoms with van der Waals surface area (Å²) < 4.78 is 0. The molecule has 1 amide bonds. The van der Waals surface area contributed by atoms with Gasteiger partial charge in [-0.05, 0) is 47.5 Å². The van der Waals surface area contributed by atoms with Gasteiger partial charge >= 0.3 is 0 Å². The van der Waals surface area contributed by atoms with Crippen molar-refractivity contribution in [2.24, 2.45) is 5.92 Å². The van der Waals surface area contributed by atoms with E-state index in [4.69, 9.17) is 0 Å². The van der Waals surface area contributed by atoms with E-state index in [0.29, 0.717) is 0 Å². The molecule has 0 saturated heterocycles. The highest BCUT2D eigenvalue weighted by Gasteiger charge is 2.34. The molecule has 1 aliphatic rings. The van der Waals surface area contributed by atoms with Crippen LogP contribution in [0.3, 0.4) is 0 Å². The zero-order valence-corrected chi connectivity index (χ0v) is 13.8. The van der Waals surface area contributed by atoms with Crippen LogP contribution in [0, 0.1) is 5.92 Å². The maximum atomic E-state index is 12.3. The summed E-state index contributed by atoms with van der Waals surface area (Å²) in [5.41, 5.74) is -0.308. The second kappa shape index (κ2) is 6.77. The highest BCUT2D eigenvalue weighted by Crippen LogP contribution is 2.33. The van der Waals surface area contributed by atoms with Crippen LogP contribution in [0.1, 0.15) is 29.7 Å². The van der Waals surface area contributed by atoms with E-state index in [1.165, 1.54) is 11.3 Å². The Morgan fingerprint density at radius 1 is 1.36 bits per heavy atom. The minimum atomic E-state index is -1.14. The van der Waals surface area contributed by atoms with Gasteiger partial charge in [0.05, 0.1) is 6.54 Å². The lowest BCUT2D eigenvalue weighted by Crippen LogP contribution is -2.43. The van der Waals surface area contributed by atoms with Gasteiger partial charge in [0.1, 0.15) is 5.60 Å². The third-order valence-corrected chi connectivity index (χ3v) is 5.79. The maximum Gasteiger partial charge on any atom is 0.223 e. The molecule has 0 unspecified atom stereocenters. The standard InChI is InChI=1S/C17H19NO2S2/c19-16(13-5-2-1-3-6-13)18-12-17(20,14-8-10-21-11-14)15-7-4-9-22-15/h1-2,4,7-11,13,20H,3,5-6,12H2,(H,18,19)/t13-,17-/m0/s1. The zero-order valence-electron chi connectivity index (χ0n) is 12.2. The average molecular weight is 333 g/mol. The quantitative estimate of drug-likeness (QED) is 0.823. The van der Waals surface area contributed by atoms with Crippen LogP contribution >= 0.6 is 22.7 Å². The van der Waals surface area contributed by atoms with Gasteiger partial charge in [0.15, 0.2) is 0 Å². The lowest BCUT2D eigenvalue weighted by molar-refractivity contribution is -0.126. The lowest BCUT2D eigenvalue weighted by atomic mass is 9.91. The Bertz CT molecular complexity index is 597. The van der Waals surface area contributed by atoms with Crippen molar-refractivity contribution in [3.63, 3.8) is 0 Å². The number of hydrogen-bond donors (Lipinski definition) is 2. The van der Waals surface area contributed by atoms with Crippen molar-refractivity contribution in [1.82, 2.24) is 5.32 Å². The average Bonchev–Trinajstić information content (AvgIpc) is 3.26. The zero-order chi connectivity index (χ0) is 15.4. The number of hydrogen-bond acceptors (Lipinski definition) is 4. The first kappa shape index (κ1) is 15.5. The molecule has 0 aromatic carbocycles. The Balaban J connectivity index is 1.74. The van der Waals surface area contributed by atoms with E-state index in [-0.39, 0.29) is 18.4 Å². The summed E-state index contributed by atoms with van der Waals surface area (Å²) >= 11 is 3.06. The fraction of sp³-hybridized carbons (Fsp3) is 0.353. The third kappa shape index (κ3) is 3.16. The molecule has 0 saturated carbocycles. The molecule has 2 N–H and O–H groups in total. The van der Waals surface area contributed by atoms with Crippen molar-refractivity contribution in [3.05, 3.63) is 56.9 Å². The van der Waals surface area contributed by atoms with Gasteiger partial charge in [-0.3, -0.25) is 4.79 Å². The summed E-state index contributed by atoms with van der Waals surface area (Å²) in [5.74, 6) is 0.0645. The van der Waals surface area contributed by atoms with Crippen LogP contribution < -0.4 is 5.32 Å². The van der Waals surface area contributed by atoms with Crippen molar-refractivity contribution in [2.75, 3.05) is 6.54 Å². The van der Waals surface area contributed by atoms with E-state index in [0.717, 1.165) is 29.7 Å². The number of carbonyl (C=O) groups excluding carboxylic acids is 1. The predicted octanol–water partition coefficient (Wildman–Crippen LogP) is 3.52. The Labute approximate surface area is 138 Å². The van der Waals surface area contributed by atoms with E-state index in [1.54, 1.807) is 11.3 Å². The normalized spacial score (nSPS) is 20.5. The molecule has 0 aliphatic heterocycles. The third-order valence-electron chi connectivity index (χ3n) is 4.09. The van der Waals surface area contributed by atoms with Crippen LogP contribution in [0.4, 0.5) is 0 Å². The van der Waals surface area contributed by atoms with Crippen molar-refractivity contribution >= 4 is 28.6 Å². The van der Waals surface area contributed by atoms with Crippen LogP contribution in [0.2, 0.25) is 0 Å². The first-order valence-corrected chi connectivity index (χ1v) is 9.24. The van der Waals surface area contributed by atoms with Crippen molar-refractivity contribution in [1.29, 1.82) is 0 Å². The van der Waals surface area contributed by atoms with Gasteiger partial charge in [0.2, 0.25) is 5.91 Å². The van der Waals surface area contributed by atoms with Gasteiger partial charge in [-0.15, -0.1) is 11.3 Å². The van der Waals surface area contributed by atoms with Gasteiger partial charge in [0.25, 0.3) is 0 Å². The largest absolute Gasteiger partial charge is 0.378 e. The predicted molar refractivity (Wildman–Crippen MR) is 91.1 cm³/mol. The van der Waals surface area contributed by atoms with Crippen LogP contribution in [0.15, 0.2) is 46.5 Å². The molecular weight excluding hydrogens is 314 g/mol. The molecule has 2 atom stereocenters. The van der Waals surface area contributed by atoms with E-state index in [9.17, 15) is 9.90 Å². The summed E-state index contributed by atoms with van der Waals surface area (Å²) in [4.78, 5) is 13.2. The highest BCUT2D eigenvalue weighted by atomic mass is 32.1. The fourth-order valence-corrected chi connectivity index (χ4v) is 4.31. The molecule has 22 heavy (non-hydrogen) atoms. The molecule has 0 bridgehead atoms. The topological polar surface area (TPSA) is 49.3 Å². The van der Waals surface area contributed by atoms with Crippen LogP contribution in [-0.2, 0) is 10.4 Å². The van der Waals surface area contributed by atoms with E-state index >= 15 is 0 Å². The van der Waals surface area contributed by atoms with Crippen LogP contribution in [0.5, 0.6) is 0 Å². The van der Waals surface area contributed by atoms with Gasteiger partial charge < -0.3 is 10.4 Å². The van der Waals surface area contributed by atoms with Gasteiger partial charge in [-0.2, -0.15) is 11.3 Å². The van der Waals surface area contributed by atoms with Gasteiger partial charge in [0, 0.05) is 16.4 Å². The summed E-state index contributed by atoms with van der Waals surface area (Å²) in [5, 5.41) is 20.0. The molecule has 3 rings (SSSR count). The number of amides is 1. The molecule has 2 aromatic rings. The first-order chi connectivity index (χ1) is 10.7.